The number of nitrogens with zero attached hydrogens (tertiary/aromatic N) is 2. The fourth-order valence-electron chi connectivity index (χ4n) is 3.96. The first kappa shape index (κ1) is 24.0. The Morgan fingerprint density at radius 1 is 1.35 bits per heavy atom. The third-order valence-electron chi connectivity index (χ3n) is 5.36. The minimum absolute atomic E-state index is 0.0552. The van der Waals surface area contributed by atoms with Crippen LogP contribution in [0, 0.1) is 0 Å². The summed E-state index contributed by atoms with van der Waals surface area (Å²) in [5.41, 5.74) is 1.17. The maximum absolute atomic E-state index is 13.3. The van der Waals surface area contributed by atoms with E-state index in [4.69, 9.17) is 21.1 Å². The van der Waals surface area contributed by atoms with Gasteiger partial charge in [0.2, 0.25) is 5.91 Å². The molecule has 0 spiro atoms. The van der Waals surface area contributed by atoms with Gasteiger partial charge < -0.3 is 19.5 Å². The molecule has 1 aliphatic rings. The molecular formula is C23H31ClN2O4S. The van der Waals surface area contributed by atoms with Gasteiger partial charge in [0, 0.05) is 30.1 Å². The molecule has 0 fully saturated rings. The van der Waals surface area contributed by atoms with Crippen molar-refractivity contribution in [1.82, 2.24) is 9.80 Å². The number of amides is 1. The van der Waals surface area contributed by atoms with Crippen molar-refractivity contribution in [3.8, 4) is 5.75 Å². The first-order chi connectivity index (χ1) is 15.0. The highest BCUT2D eigenvalue weighted by atomic mass is 35.5. The zero-order valence-electron chi connectivity index (χ0n) is 18.1. The highest BCUT2D eigenvalue weighted by molar-refractivity contribution is 7.10. The summed E-state index contributed by atoms with van der Waals surface area (Å²) in [6, 6.07) is 9.24. The summed E-state index contributed by atoms with van der Waals surface area (Å²) < 4.78 is 11.1. The smallest absolute Gasteiger partial charge is 0.237 e. The highest BCUT2D eigenvalue weighted by Gasteiger charge is 2.33. The average molecular weight is 467 g/mol. The molecule has 6 nitrogen and oxygen atoms in total. The second kappa shape index (κ2) is 11.8. The van der Waals surface area contributed by atoms with Crippen LogP contribution in [-0.2, 0) is 16.0 Å². The Morgan fingerprint density at radius 3 is 2.84 bits per heavy atom. The normalized spacial score (nSPS) is 16.9. The summed E-state index contributed by atoms with van der Waals surface area (Å²) in [6.07, 6.45) is 1.15. The lowest BCUT2D eigenvalue weighted by Crippen LogP contribution is -2.48. The number of methoxy groups -OCH3 is 1. The van der Waals surface area contributed by atoms with E-state index in [0.717, 1.165) is 25.1 Å². The lowest BCUT2D eigenvalue weighted by atomic mass is 10.0. The summed E-state index contributed by atoms with van der Waals surface area (Å²) >= 11 is 7.70. The topological polar surface area (TPSA) is 62.2 Å². The number of carbonyl (C=O) groups excluding carboxylic acids is 1. The van der Waals surface area contributed by atoms with Crippen LogP contribution in [0.4, 0.5) is 0 Å². The van der Waals surface area contributed by atoms with E-state index in [1.807, 2.05) is 21.9 Å². The van der Waals surface area contributed by atoms with Crippen LogP contribution in [0.15, 0.2) is 35.7 Å². The summed E-state index contributed by atoms with van der Waals surface area (Å²) in [5, 5.41) is 12.9. The molecule has 0 unspecified atom stereocenters. The van der Waals surface area contributed by atoms with Gasteiger partial charge in [-0.3, -0.25) is 9.69 Å². The molecule has 2 atom stereocenters. The average Bonchev–Trinajstić information content (AvgIpc) is 3.22. The van der Waals surface area contributed by atoms with E-state index in [2.05, 4.69) is 18.4 Å². The van der Waals surface area contributed by atoms with Crippen LogP contribution >= 0.6 is 22.9 Å². The molecule has 1 N–H and O–H groups in total. The fraction of sp³-hybridized carbons (Fsp3) is 0.522. The third kappa shape index (κ3) is 6.67. The summed E-state index contributed by atoms with van der Waals surface area (Å²) in [7, 11) is 1.57. The van der Waals surface area contributed by atoms with Crippen molar-refractivity contribution in [3.05, 3.63) is 51.2 Å². The number of carbonyl (C=O) groups is 1. The number of aliphatic hydroxyl groups excluding tert-OH is 1. The molecule has 0 radical (unpaired) electrons. The number of rotatable bonds is 11. The lowest BCUT2D eigenvalue weighted by Gasteiger charge is -2.37. The SMILES string of the molecule is CCCN(CC(=O)N1CCc2sccc2[C@H]1COc1ccc(Cl)cc1)C[C@H](O)COC. The van der Waals surface area contributed by atoms with Crippen molar-refractivity contribution in [2.45, 2.75) is 31.9 Å². The predicted octanol–water partition coefficient (Wildman–Crippen LogP) is 3.63. The van der Waals surface area contributed by atoms with Gasteiger partial charge in [-0.15, -0.1) is 11.3 Å². The van der Waals surface area contributed by atoms with E-state index in [1.54, 1.807) is 30.6 Å². The van der Waals surface area contributed by atoms with Crippen LogP contribution < -0.4 is 4.74 Å². The molecule has 2 aromatic rings. The van der Waals surface area contributed by atoms with Crippen molar-refractivity contribution in [3.63, 3.8) is 0 Å². The molecule has 1 aromatic heterocycles. The van der Waals surface area contributed by atoms with Crippen molar-refractivity contribution >= 4 is 28.8 Å². The number of ether oxygens (including phenoxy) is 2. The van der Waals surface area contributed by atoms with Crippen LogP contribution in [0.3, 0.4) is 0 Å². The fourth-order valence-corrected chi connectivity index (χ4v) is 5.01. The zero-order valence-corrected chi connectivity index (χ0v) is 19.7. The Morgan fingerprint density at radius 2 is 2.13 bits per heavy atom. The van der Waals surface area contributed by atoms with Gasteiger partial charge in [-0.1, -0.05) is 18.5 Å². The second-order valence-electron chi connectivity index (χ2n) is 7.76. The van der Waals surface area contributed by atoms with Gasteiger partial charge in [-0.05, 0) is 60.7 Å². The lowest BCUT2D eigenvalue weighted by molar-refractivity contribution is -0.136. The molecule has 0 bridgehead atoms. The molecule has 31 heavy (non-hydrogen) atoms. The van der Waals surface area contributed by atoms with E-state index in [9.17, 15) is 9.90 Å². The summed E-state index contributed by atoms with van der Waals surface area (Å²) in [5.74, 6) is 0.786. The van der Waals surface area contributed by atoms with Gasteiger partial charge in [0.25, 0.3) is 0 Å². The Kier molecular flexibility index (Phi) is 9.16. The van der Waals surface area contributed by atoms with Crippen molar-refractivity contribution in [2.75, 3.05) is 46.5 Å². The monoisotopic (exact) mass is 466 g/mol. The Labute approximate surface area is 193 Å². The van der Waals surface area contributed by atoms with E-state index in [-0.39, 0.29) is 25.1 Å². The summed E-state index contributed by atoms with van der Waals surface area (Å²) in [4.78, 5) is 18.6. The van der Waals surface area contributed by atoms with Gasteiger partial charge in [-0.25, -0.2) is 0 Å². The van der Waals surface area contributed by atoms with Gasteiger partial charge in [0.1, 0.15) is 12.4 Å². The second-order valence-corrected chi connectivity index (χ2v) is 9.20. The van der Waals surface area contributed by atoms with Gasteiger partial charge in [-0.2, -0.15) is 0 Å². The Balaban J connectivity index is 1.70. The Bertz CT molecular complexity index is 829. The van der Waals surface area contributed by atoms with E-state index in [0.29, 0.717) is 24.7 Å². The van der Waals surface area contributed by atoms with Crippen LogP contribution in [0.5, 0.6) is 5.75 Å². The largest absolute Gasteiger partial charge is 0.491 e. The van der Waals surface area contributed by atoms with Crippen molar-refractivity contribution < 1.29 is 19.4 Å². The maximum Gasteiger partial charge on any atom is 0.237 e. The minimum atomic E-state index is -0.613. The van der Waals surface area contributed by atoms with Crippen molar-refractivity contribution in [2.24, 2.45) is 0 Å². The number of halogens is 1. The molecule has 0 aliphatic carbocycles. The van der Waals surface area contributed by atoms with E-state index >= 15 is 0 Å². The zero-order chi connectivity index (χ0) is 22.2. The Hall–Kier alpha value is -1.64. The third-order valence-corrected chi connectivity index (χ3v) is 6.61. The molecule has 8 heteroatoms. The quantitative estimate of drug-likeness (QED) is 0.548. The molecule has 1 aliphatic heterocycles. The predicted molar refractivity (Wildman–Crippen MR) is 124 cm³/mol. The minimum Gasteiger partial charge on any atom is -0.491 e. The van der Waals surface area contributed by atoms with Gasteiger partial charge in [0.05, 0.1) is 25.3 Å². The van der Waals surface area contributed by atoms with E-state index in [1.165, 1.54) is 10.4 Å². The first-order valence-electron chi connectivity index (χ1n) is 10.6. The first-order valence-corrected chi connectivity index (χ1v) is 11.9. The molecule has 1 aromatic carbocycles. The number of aliphatic hydroxyl groups is 1. The maximum atomic E-state index is 13.3. The van der Waals surface area contributed by atoms with Crippen molar-refractivity contribution in [1.29, 1.82) is 0 Å². The number of thiophene rings is 1. The number of hydrogen-bond acceptors (Lipinski definition) is 6. The molecule has 170 valence electrons. The molecule has 1 amide bonds. The summed E-state index contributed by atoms with van der Waals surface area (Å²) in [6.45, 7) is 4.81. The van der Waals surface area contributed by atoms with Gasteiger partial charge >= 0.3 is 0 Å². The van der Waals surface area contributed by atoms with Crippen LogP contribution in [-0.4, -0.2) is 73.4 Å². The van der Waals surface area contributed by atoms with E-state index < -0.39 is 6.10 Å². The molecule has 0 saturated carbocycles. The number of benzene rings is 1. The molecule has 3 rings (SSSR count). The highest BCUT2D eigenvalue weighted by Crippen LogP contribution is 2.34. The van der Waals surface area contributed by atoms with Crippen LogP contribution in [0.2, 0.25) is 5.02 Å². The van der Waals surface area contributed by atoms with Crippen LogP contribution in [0.1, 0.15) is 29.8 Å². The molecule has 2 heterocycles. The molecule has 0 saturated heterocycles. The standard InChI is InChI=1S/C23H31ClN2O4S/c1-3-10-25(13-18(27)15-29-2)14-23(28)26-11-8-22-20(9-12-31-22)21(26)16-30-19-6-4-17(24)5-7-19/h4-7,9,12,18,21,27H,3,8,10-11,13-16H2,1-2H3/t18-,21+/m0/s1. The number of fused-ring (bicyclic) bond motifs is 1. The van der Waals surface area contributed by atoms with Gasteiger partial charge in [0.15, 0.2) is 0 Å². The molecular weight excluding hydrogens is 436 g/mol. The number of hydrogen-bond donors (Lipinski definition) is 1. The van der Waals surface area contributed by atoms with Crippen LogP contribution in [0.25, 0.3) is 0 Å².